The van der Waals surface area contributed by atoms with Crippen molar-refractivity contribution in [3.63, 3.8) is 0 Å². The topological polar surface area (TPSA) is 97.1 Å². The molecule has 0 aliphatic carbocycles. The SMILES string of the molecule is CNC(=O)CNC(=O)c1cc(N)c2ccccc2n1. The third-order valence-corrected chi connectivity index (χ3v) is 2.67. The Bertz CT molecular complexity index is 640. The second-order valence-corrected chi connectivity index (χ2v) is 3.97. The Morgan fingerprint density at radius 1 is 1.32 bits per heavy atom. The fraction of sp³-hybridized carbons (Fsp3) is 0.154. The van der Waals surface area contributed by atoms with Crippen molar-refractivity contribution in [2.45, 2.75) is 0 Å². The number of likely N-dealkylation sites (N-methyl/N-ethyl adjacent to an activating group) is 1. The molecule has 0 saturated carbocycles. The van der Waals surface area contributed by atoms with Gasteiger partial charge in [0.05, 0.1) is 12.1 Å². The predicted molar refractivity (Wildman–Crippen MR) is 72.6 cm³/mol. The van der Waals surface area contributed by atoms with Crippen LogP contribution in [0.25, 0.3) is 10.9 Å². The first-order valence-corrected chi connectivity index (χ1v) is 5.76. The van der Waals surface area contributed by atoms with Crippen LogP contribution in [0.1, 0.15) is 10.5 Å². The Morgan fingerprint density at radius 3 is 2.79 bits per heavy atom. The predicted octanol–water partition coefficient (Wildman–Crippen LogP) is 0.293. The summed E-state index contributed by atoms with van der Waals surface area (Å²) in [5.74, 6) is -0.705. The number of pyridine rings is 1. The maximum Gasteiger partial charge on any atom is 0.270 e. The van der Waals surface area contributed by atoms with Crippen molar-refractivity contribution in [3.8, 4) is 0 Å². The smallest absolute Gasteiger partial charge is 0.270 e. The van der Waals surface area contributed by atoms with Gasteiger partial charge < -0.3 is 16.4 Å². The number of nitrogens with one attached hydrogen (secondary N) is 2. The van der Waals surface area contributed by atoms with Gasteiger partial charge in [0.1, 0.15) is 5.69 Å². The van der Waals surface area contributed by atoms with E-state index in [1.165, 1.54) is 13.1 Å². The van der Waals surface area contributed by atoms with Gasteiger partial charge in [0.2, 0.25) is 5.91 Å². The number of hydrogen-bond donors (Lipinski definition) is 3. The van der Waals surface area contributed by atoms with E-state index in [0.717, 1.165) is 5.39 Å². The largest absolute Gasteiger partial charge is 0.398 e. The highest BCUT2D eigenvalue weighted by Crippen LogP contribution is 2.19. The van der Waals surface area contributed by atoms with Gasteiger partial charge in [-0.2, -0.15) is 0 Å². The zero-order valence-corrected chi connectivity index (χ0v) is 10.4. The number of nitrogens with two attached hydrogens (primary N) is 1. The van der Waals surface area contributed by atoms with E-state index in [9.17, 15) is 9.59 Å². The first-order valence-electron chi connectivity index (χ1n) is 5.76. The van der Waals surface area contributed by atoms with E-state index in [1.54, 1.807) is 6.07 Å². The number of amides is 2. The second-order valence-electron chi connectivity index (χ2n) is 3.97. The lowest BCUT2D eigenvalue weighted by Gasteiger charge is -2.07. The molecule has 98 valence electrons. The molecule has 2 amide bonds. The molecule has 0 aliphatic heterocycles. The summed E-state index contributed by atoms with van der Waals surface area (Å²) in [4.78, 5) is 27.1. The zero-order chi connectivity index (χ0) is 13.8. The van der Waals surface area contributed by atoms with Crippen molar-refractivity contribution in [3.05, 3.63) is 36.0 Å². The molecule has 2 aromatic rings. The van der Waals surface area contributed by atoms with Crippen LogP contribution in [-0.2, 0) is 4.79 Å². The molecule has 1 aromatic carbocycles. The standard InChI is InChI=1S/C13H14N4O2/c1-15-12(18)7-16-13(19)11-6-9(14)8-4-2-3-5-10(8)17-11/h2-6H,7H2,1H3,(H2,14,17)(H,15,18)(H,16,19). The first kappa shape index (κ1) is 12.8. The van der Waals surface area contributed by atoms with Crippen molar-refractivity contribution in [2.75, 3.05) is 19.3 Å². The third kappa shape index (κ3) is 2.79. The van der Waals surface area contributed by atoms with Gasteiger partial charge in [-0.1, -0.05) is 18.2 Å². The van der Waals surface area contributed by atoms with Crippen molar-refractivity contribution < 1.29 is 9.59 Å². The third-order valence-electron chi connectivity index (χ3n) is 2.67. The van der Waals surface area contributed by atoms with Crippen LogP contribution in [-0.4, -0.2) is 30.4 Å². The molecule has 0 unspecified atom stereocenters. The number of nitrogens with zero attached hydrogens (tertiary/aromatic N) is 1. The minimum absolute atomic E-state index is 0.0935. The van der Waals surface area contributed by atoms with Gasteiger partial charge in [-0.25, -0.2) is 4.98 Å². The Labute approximate surface area is 110 Å². The molecule has 0 atom stereocenters. The number of carbonyl (C=O) groups is 2. The Morgan fingerprint density at radius 2 is 2.05 bits per heavy atom. The molecule has 6 nitrogen and oxygen atoms in total. The van der Waals surface area contributed by atoms with Crippen molar-refractivity contribution in [1.29, 1.82) is 0 Å². The maximum atomic E-state index is 11.9. The fourth-order valence-corrected chi connectivity index (χ4v) is 1.66. The summed E-state index contributed by atoms with van der Waals surface area (Å²) in [5, 5.41) is 5.68. The van der Waals surface area contributed by atoms with Crippen LogP contribution in [0.15, 0.2) is 30.3 Å². The van der Waals surface area contributed by atoms with E-state index >= 15 is 0 Å². The van der Waals surface area contributed by atoms with E-state index in [1.807, 2.05) is 18.2 Å². The number of nitrogen functional groups attached to an aromatic ring is 1. The number of aromatic nitrogens is 1. The molecule has 19 heavy (non-hydrogen) atoms. The molecule has 0 aliphatic rings. The number of benzene rings is 1. The van der Waals surface area contributed by atoms with E-state index in [4.69, 9.17) is 5.73 Å². The molecule has 0 spiro atoms. The number of carbonyl (C=O) groups excluding carboxylic acids is 2. The number of anilines is 1. The molecule has 0 saturated heterocycles. The van der Waals surface area contributed by atoms with Gasteiger partial charge in [-0.15, -0.1) is 0 Å². The van der Waals surface area contributed by atoms with Crippen LogP contribution < -0.4 is 16.4 Å². The van der Waals surface area contributed by atoms with Crippen molar-refractivity contribution >= 4 is 28.4 Å². The van der Waals surface area contributed by atoms with Crippen LogP contribution in [0.2, 0.25) is 0 Å². The average molecular weight is 258 g/mol. The minimum Gasteiger partial charge on any atom is -0.398 e. The van der Waals surface area contributed by atoms with E-state index < -0.39 is 5.91 Å². The van der Waals surface area contributed by atoms with Crippen LogP contribution in [0.4, 0.5) is 5.69 Å². The average Bonchev–Trinajstić information content (AvgIpc) is 2.44. The molecule has 4 N–H and O–H groups in total. The molecule has 0 bridgehead atoms. The molecule has 1 heterocycles. The second kappa shape index (κ2) is 5.34. The number of fused-ring (bicyclic) bond motifs is 1. The molecule has 1 aromatic heterocycles. The Kier molecular flexibility index (Phi) is 3.61. The molecular weight excluding hydrogens is 244 g/mol. The summed E-state index contributed by atoms with van der Waals surface area (Å²) >= 11 is 0. The maximum absolute atomic E-state index is 11.9. The Hall–Kier alpha value is -2.63. The highest BCUT2D eigenvalue weighted by atomic mass is 16.2. The summed E-state index contributed by atoms with van der Waals surface area (Å²) < 4.78 is 0. The molecule has 0 fully saturated rings. The lowest BCUT2D eigenvalue weighted by atomic mass is 10.1. The van der Waals surface area contributed by atoms with Crippen LogP contribution in [0.3, 0.4) is 0 Å². The first-order chi connectivity index (χ1) is 9.11. The summed E-state index contributed by atoms with van der Waals surface area (Å²) in [6.45, 7) is -0.0935. The van der Waals surface area contributed by atoms with E-state index in [-0.39, 0.29) is 18.1 Å². The normalized spacial score (nSPS) is 10.2. The Balaban J connectivity index is 2.25. The monoisotopic (exact) mass is 258 g/mol. The summed E-state index contributed by atoms with van der Waals surface area (Å²) in [5.41, 5.74) is 7.20. The molecular formula is C13H14N4O2. The highest BCUT2D eigenvalue weighted by Gasteiger charge is 2.11. The lowest BCUT2D eigenvalue weighted by molar-refractivity contribution is -0.119. The lowest BCUT2D eigenvalue weighted by Crippen LogP contribution is -2.35. The van der Waals surface area contributed by atoms with Gasteiger partial charge >= 0.3 is 0 Å². The van der Waals surface area contributed by atoms with Crippen LogP contribution >= 0.6 is 0 Å². The van der Waals surface area contributed by atoms with Crippen molar-refractivity contribution in [1.82, 2.24) is 15.6 Å². The van der Waals surface area contributed by atoms with E-state index in [2.05, 4.69) is 15.6 Å². The number of para-hydroxylation sites is 1. The summed E-state index contributed by atoms with van der Waals surface area (Å²) in [6, 6.07) is 8.79. The van der Waals surface area contributed by atoms with E-state index in [0.29, 0.717) is 11.2 Å². The van der Waals surface area contributed by atoms with Crippen LogP contribution in [0, 0.1) is 0 Å². The zero-order valence-electron chi connectivity index (χ0n) is 10.4. The molecule has 0 radical (unpaired) electrons. The quantitative estimate of drug-likeness (QED) is 0.737. The number of rotatable bonds is 3. The highest BCUT2D eigenvalue weighted by molar-refractivity contribution is 6.00. The van der Waals surface area contributed by atoms with Gasteiger partial charge in [0.15, 0.2) is 0 Å². The van der Waals surface area contributed by atoms with Gasteiger partial charge in [-0.05, 0) is 12.1 Å². The molecule has 2 rings (SSSR count). The fourth-order valence-electron chi connectivity index (χ4n) is 1.66. The summed E-state index contributed by atoms with van der Waals surface area (Å²) in [6.07, 6.45) is 0. The number of hydrogen-bond acceptors (Lipinski definition) is 4. The summed E-state index contributed by atoms with van der Waals surface area (Å²) in [7, 11) is 1.50. The van der Waals surface area contributed by atoms with Gasteiger partial charge in [0.25, 0.3) is 5.91 Å². The van der Waals surface area contributed by atoms with Crippen molar-refractivity contribution in [2.24, 2.45) is 0 Å². The minimum atomic E-state index is -0.430. The molecule has 6 heteroatoms. The van der Waals surface area contributed by atoms with Crippen LogP contribution in [0.5, 0.6) is 0 Å². The van der Waals surface area contributed by atoms with Gasteiger partial charge in [0, 0.05) is 18.1 Å². The van der Waals surface area contributed by atoms with Gasteiger partial charge in [-0.3, -0.25) is 9.59 Å².